The number of aliphatic carboxylic acids is 2. The summed E-state index contributed by atoms with van der Waals surface area (Å²) >= 11 is 14.0. The monoisotopic (exact) mass is 788 g/mol. The molecule has 8 heteroatoms. The van der Waals surface area contributed by atoms with Gasteiger partial charge in [-0.2, -0.15) is 0 Å². The third-order valence-electron chi connectivity index (χ3n) is 7.62. The van der Waals surface area contributed by atoms with Gasteiger partial charge in [0.05, 0.1) is 0 Å². The van der Waals surface area contributed by atoms with E-state index in [2.05, 4.69) is 100 Å². The third-order valence-corrected chi connectivity index (χ3v) is 9.59. The number of fused-ring (bicyclic) bond motifs is 6. The van der Waals surface area contributed by atoms with Crippen LogP contribution in [0.3, 0.4) is 0 Å². The van der Waals surface area contributed by atoms with E-state index in [1.165, 1.54) is 22.3 Å². The Morgan fingerprint density at radius 1 is 0.575 bits per heavy atom. The molecule has 0 radical (unpaired) electrons. The molecule has 0 saturated carbocycles. The van der Waals surface area contributed by atoms with E-state index in [0.29, 0.717) is 12.8 Å². The van der Waals surface area contributed by atoms with Crippen molar-refractivity contribution in [2.24, 2.45) is 0 Å². The Balaban J connectivity index is 0.000000182. The Morgan fingerprint density at radius 2 is 0.925 bits per heavy atom. The number of hydrogen-bond donors (Lipinski definition) is 2. The molecule has 0 atom stereocenters. The standard InChI is InChI=1S/C19H16Br2O4.C13H8Br2/c20-11-1-3-13-14-4-2-12(21)10-16(14)19(15(13)9-11,7-5-17(22)23)8-6-18(24)25;14-10-1-3-12-8(6-10)5-9-7-11(15)2-4-13(9)12/h1-4,9-10H,5-8H2,(H,22,23)(H,24,25);1-4,6-7H,5H2. The number of carbonyl (C=O) groups is 2. The van der Waals surface area contributed by atoms with Gasteiger partial charge in [0.2, 0.25) is 0 Å². The van der Waals surface area contributed by atoms with Crippen LogP contribution in [0.5, 0.6) is 0 Å². The lowest BCUT2D eigenvalue weighted by Crippen LogP contribution is -2.27. The second kappa shape index (κ2) is 11.9. The van der Waals surface area contributed by atoms with Gasteiger partial charge >= 0.3 is 11.9 Å². The molecule has 0 spiro atoms. The van der Waals surface area contributed by atoms with E-state index in [1.807, 2.05) is 36.4 Å². The number of rotatable bonds is 6. The quantitative estimate of drug-likeness (QED) is 0.180. The van der Waals surface area contributed by atoms with Crippen molar-refractivity contribution in [3.63, 3.8) is 0 Å². The van der Waals surface area contributed by atoms with Crippen LogP contribution >= 0.6 is 63.7 Å². The third kappa shape index (κ3) is 5.87. The molecule has 0 saturated heterocycles. The summed E-state index contributed by atoms with van der Waals surface area (Å²) in [6.45, 7) is 0. The van der Waals surface area contributed by atoms with Crippen LogP contribution in [-0.4, -0.2) is 22.2 Å². The van der Waals surface area contributed by atoms with E-state index < -0.39 is 17.4 Å². The van der Waals surface area contributed by atoms with E-state index in [-0.39, 0.29) is 12.8 Å². The second-order valence-corrected chi connectivity index (χ2v) is 13.7. The summed E-state index contributed by atoms with van der Waals surface area (Å²) in [5.41, 5.74) is 9.05. The van der Waals surface area contributed by atoms with Crippen molar-refractivity contribution in [2.75, 3.05) is 0 Å². The smallest absolute Gasteiger partial charge is 0.303 e. The number of hydrogen-bond acceptors (Lipinski definition) is 2. The maximum Gasteiger partial charge on any atom is 0.303 e. The van der Waals surface area contributed by atoms with E-state index in [0.717, 1.165) is 46.6 Å². The predicted molar refractivity (Wildman–Crippen MR) is 172 cm³/mol. The maximum atomic E-state index is 11.3. The van der Waals surface area contributed by atoms with Crippen molar-refractivity contribution < 1.29 is 19.8 Å². The number of benzene rings is 4. The SMILES string of the molecule is Brc1ccc2c(c1)Cc1cc(Br)ccc1-2.O=C(O)CCC1(CCC(=O)O)c2cc(Br)ccc2-c2ccc(Br)cc21. The average Bonchev–Trinajstić information content (AvgIpc) is 3.38. The molecule has 40 heavy (non-hydrogen) atoms. The Labute approximate surface area is 266 Å². The highest BCUT2D eigenvalue weighted by Crippen LogP contribution is 2.54. The van der Waals surface area contributed by atoms with Gasteiger partial charge in [-0.1, -0.05) is 88.0 Å². The number of carboxylic acids is 2. The first-order valence-corrected chi connectivity index (χ1v) is 15.9. The number of carboxylic acid groups (broad SMARTS) is 2. The van der Waals surface area contributed by atoms with Crippen molar-refractivity contribution >= 4 is 75.7 Å². The highest BCUT2D eigenvalue weighted by Gasteiger charge is 2.43. The first kappa shape index (κ1) is 29.2. The Bertz CT molecular complexity index is 1530. The highest BCUT2D eigenvalue weighted by molar-refractivity contribution is 9.11. The summed E-state index contributed by atoms with van der Waals surface area (Å²) in [4.78, 5) is 22.5. The summed E-state index contributed by atoms with van der Waals surface area (Å²) < 4.78 is 4.11. The molecule has 2 N–H and O–H groups in total. The summed E-state index contributed by atoms with van der Waals surface area (Å²) in [6.07, 6.45) is 1.74. The number of halogens is 4. The maximum absolute atomic E-state index is 11.3. The topological polar surface area (TPSA) is 74.6 Å². The van der Waals surface area contributed by atoms with Gasteiger partial charge < -0.3 is 10.2 Å². The Kier molecular flexibility index (Phi) is 8.72. The molecule has 204 valence electrons. The van der Waals surface area contributed by atoms with E-state index in [9.17, 15) is 19.8 Å². The first-order chi connectivity index (χ1) is 19.1. The average molecular weight is 792 g/mol. The van der Waals surface area contributed by atoms with Gasteiger partial charge in [0.15, 0.2) is 0 Å². The van der Waals surface area contributed by atoms with Gasteiger partial charge in [0.25, 0.3) is 0 Å². The van der Waals surface area contributed by atoms with E-state index in [1.54, 1.807) is 0 Å². The van der Waals surface area contributed by atoms with Crippen molar-refractivity contribution in [3.05, 3.63) is 113 Å². The van der Waals surface area contributed by atoms with Crippen molar-refractivity contribution in [1.29, 1.82) is 0 Å². The molecule has 2 aliphatic carbocycles. The second-order valence-electron chi connectivity index (χ2n) is 10.0. The molecular weight excluding hydrogens is 768 g/mol. The summed E-state index contributed by atoms with van der Waals surface area (Å²) in [6, 6.07) is 24.9. The van der Waals surface area contributed by atoms with Gasteiger partial charge in [0.1, 0.15) is 0 Å². The van der Waals surface area contributed by atoms with Crippen LogP contribution in [-0.2, 0) is 21.4 Å². The fourth-order valence-electron chi connectivity index (χ4n) is 5.89. The van der Waals surface area contributed by atoms with Crippen LogP contribution in [0.1, 0.15) is 47.9 Å². The zero-order chi connectivity index (χ0) is 28.6. The highest BCUT2D eigenvalue weighted by atomic mass is 79.9. The van der Waals surface area contributed by atoms with Gasteiger partial charge in [-0.3, -0.25) is 9.59 Å². The lowest BCUT2D eigenvalue weighted by molar-refractivity contribution is -0.137. The molecule has 0 aromatic heterocycles. The van der Waals surface area contributed by atoms with Gasteiger partial charge in [-0.05, 0) is 112 Å². The first-order valence-electron chi connectivity index (χ1n) is 12.7. The predicted octanol–water partition coefficient (Wildman–Crippen LogP) is 9.99. The molecule has 0 amide bonds. The molecule has 0 aliphatic heterocycles. The fourth-order valence-corrected chi connectivity index (χ4v) is 7.43. The molecule has 4 aromatic carbocycles. The molecule has 0 heterocycles. The molecule has 4 aromatic rings. The van der Waals surface area contributed by atoms with E-state index >= 15 is 0 Å². The van der Waals surface area contributed by atoms with Crippen molar-refractivity contribution in [2.45, 2.75) is 37.5 Å². The summed E-state index contributed by atoms with van der Waals surface area (Å²) in [5, 5.41) is 18.5. The van der Waals surface area contributed by atoms with Crippen LogP contribution in [0, 0.1) is 0 Å². The summed E-state index contributed by atoms with van der Waals surface area (Å²) in [5.74, 6) is -1.76. The molecule has 4 nitrogen and oxygen atoms in total. The van der Waals surface area contributed by atoms with Crippen LogP contribution in [0.2, 0.25) is 0 Å². The van der Waals surface area contributed by atoms with Crippen LogP contribution in [0.15, 0.2) is 90.7 Å². The van der Waals surface area contributed by atoms with Crippen molar-refractivity contribution in [1.82, 2.24) is 0 Å². The Hall–Kier alpha value is -2.26. The van der Waals surface area contributed by atoms with E-state index in [4.69, 9.17) is 0 Å². The molecule has 0 fully saturated rings. The molecule has 0 bridgehead atoms. The minimum atomic E-state index is -0.880. The lowest BCUT2D eigenvalue weighted by Gasteiger charge is -2.31. The van der Waals surface area contributed by atoms with Crippen molar-refractivity contribution in [3.8, 4) is 22.3 Å². The normalized spacial score (nSPS) is 13.4. The lowest BCUT2D eigenvalue weighted by atomic mass is 9.71. The molecule has 6 rings (SSSR count). The minimum Gasteiger partial charge on any atom is -0.481 e. The van der Waals surface area contributed by atoms with Gasteiger partial charge in [0, 0.05) is 36.1 Å². The van der Waals surface area contributed by atoms with Crippen LogP contribution < -0.4 is 0 Å². The van der Waals surface area contributed by atoms with Crippen LogP contribution in [0.4, 0.5) is 0 Å². The largest absolute Gasteiger partial charge is 0.481 e. The molecule has 0 unspecified atom stereocenters. The molecular formula is C32H24Br4O4. The minimum absolute atomic E-state index is 0.0163. The Morgan fingerprint density at radius 3 is 1.30 bits per heavy atom. The van der Waals surface area contributed by atoms with Gasteiger partial charge in [-0.25, -0.2) is 0 Å². The van der Waals surface area contributed by atoms with Crippen LogP contribution in [0.25, 0.3) is 22.3 Å². The zero-order valence-electron chi connectivity index (χ0n) is 21.2. The fraction of sp³-hybridized carbons (Fsp3) is 0.188. The summed E-state index contributed by atoms with van der Waals surface area (Å²) in [7, 11) is 0. The zero-order valence-corrected chi connectivity index (χ0v) is 27.5. The van der Waals surface area contributed by atoms with Gasteiger partial charge in [-0.15, -0.1) is 0 Å². The molecule has 2 aliphatic rings.